The molecule has 0 aliphatic heterocycles. The molecule has 0 unspecified atom stereocenters. The van der Waals surface area contributed by atoms with Crippen LogP contribution in [0.15, 0.2) is 53.7 Å². The highest BCUT2D eigenvalue weighted by molar-refractivity contribution is 7.89. The summed E-state index contributed by atoms with van der Waals surface area (Å²) in [5.74, 6) is 0.152. The van der Waals surface area contributed by atoms with Crippen LogP contribution in [-0.2, 0) is 21.4 Å². The standard InChI is InChI=1S/C15H17N3O4S/c1-16-15(19)11-22-13-4-6-14(7-5-13)23(20,21)18-10-12-3-2-8-17-9-12/h2-9,18H,10-11H2,1H3,(H,16,19). The third-order valence-electron chi connectivity index (χ3n) is 2.97. The van der Waals surface area contributed by atoms with E-state index in [1.165, 1.54) is 31.3 Å². The van der Waals surface area contributed by atoms with E-state index in [-0.39, 0.29) is 24.0 Å². The van der Waals surface area contributed by atoms with Gasteiger partial charge in [-0.25, -0.2) is 13.1 Å². The molecule has 0 aliphatic rings. The fraction of sp³-hybridized carbons (Fsp3) is 0.200. The Morgan fingerprint density at radius 3 is 2.57 bits per heavy atom. The molecule has 0 saturated heterocycles. The third kappa shape index (κ3) is 5.04. The molecule has 0 bridgehead atoms. The normalized spacial score (nSPS) is 11.0. The Bertz CT molecular complexity index is 746. The molecule has 1 heterocycles. The van der Waals surface area contributed by atoms with Gasteiger partial charge in [0.1, 0.15) is 5.75 Å². The van der Waals surface area contributed by atoms with E-state index in [2.05, 4.69) is 15.0 Å². The minimum atomic E-state index is -3.62. The number of ether oxygens (including phenoxy) is 1. The Labute approximate surface area is 134 Å². The van der Waals surface area contributed by atoms with E-state index in [9.17, 15) is 13.2 Å². The van der Waals surface area contributed by atoms with Gasteiger partial charge in [-0.2, -0.15) is 0 Å². The van der Waals surface area contributed by atoms with Crippen LogP contribution in [0.4, 0.5) is 0 Å². The molecule has 0 radical (unpaired) electrons. The van der Waals surface area contributed by atoms with Crippen molar-refractivity contribution in [3.05, 3.63) is 54.4 Å². The molecule has 2 aromatic rings. The average Bonchev–Trinajstić information content (AvgIpc) is 2.59. The topological polar surface area (TPSA) is 97.4 Å². The summed E-state index contributed by atoms with van der Waals surface area (Å²) in [5, 5.41) is 2.43. The van der Waals surface area contributed by atoms with Crippen molar-refractivity contribution in [2.45, 2.75) is 11.4 Å². The highest BCUT2D eigenvalue weighted by atomic mass is 32.2. The summed E-state index contributed by atoms with van der Waals surface area (Å²) >= 11 is 0. The fourth-order valence-electron chi connectivity index (χ4n) is 1.70. The van der Waals surface area contributed by atoms with Crippen LogP contribution in [0.5, 0.6) is 5.75 Å². The molecular weight excluding hydrogens is 318 g/mol. The predicted molar refractivity (Wildman–Crippen MR) is 84.3 cm³/mol. The monoisotopic (exact) mass is 335 g/mol. The number of benzene rings is 1. The maximum atomic E-state index is 12.2. The van der Waals surface area contributed by atoms with E-state index in [0.717, 1.165) is 5.56 Å². The van der Waals surface area contributed by atoms with Crippen LogP contribution < -0.4 is 14.8 Å². The van der Waals surface area contributed by atoms with Crippen LogP contribution in [0.3, 0.4) is 0 Å². The molecule has 0 fully saturated rings. The molecule has 2 N–H and O–H groups in total. The van der Waals surface area contributed by atoms with Crippen molar-refractivity contribution in [3.8, 4) is 5.75 Å². The molecule has 1 aromatic heterocycles. The van der Waals surface area contributed by atoms with Gasteiger partial charge in [0.2, 0.25) is 10.0 Å². The molecule has 2 rings (SSSR count). The van der Waals surface area contributed by atoms with Crippen molar-refractivity contribution in [2.24, 2.45) is 0 Å². The van der Waals surface area contributed by atoms with Crippen LogP contribution in [0.25, 0.3) is 0 Å². The zero-order valence-corrected chi connectivity index (χ0v) is 13.3. The number of hydrogen-bond donors (Lipinski definition) is 2. The second-order valence-electron chi connectivity index (χ2n) is 4.62. The SMILES string of the molecule is CNC(=O)COc1ccc(S(=O)(=O)NCc2cccnc2)cc1. The number of hydrogen-bond acceptors (Lipinski definition) is 5. The Balaban J connectivity index is 1.98. The summed E-state index contributed by atoms with van der Waals surface area (Å²) in [5.41, 5.74) is 0.765. The lowest BCUT2D eigenvalue weighted by Crippen LogP contribution is -2.25. The first-order chi connectivity index (χ1) is 11.0. The molecule has 0 spiro atoms. The molecule has 1 amide bonds. The lowest BCUT2D eigenvalue weighted by Gasteiger charge is -2.08. The van der Waals surface area contributed by atoms with Gasteiger partial charge in [0.15, 0.2) is 6.61 Å². The number of rotatable bonds is 7. The van der Waals surface area contributed by atoms with Crippen LogP contribution in [0, 0.1) is 0 Å². The van der Waals surface area contributed by atoms with Crippen molar-refractivity contribution < 1.29 is 17.9 Å². The predicted octanol–water partition coefficient (Wildman–Crippen LogP) is 0.685. The van der Waals surface area contributed by atoms with Gasteiger partial charge in [0.05, 0.1) is 4.90 Å². The highest BCUT2D eigenvalue weighted by Crippen LogP contribution is 2.16. The lowest BCUT2D eigenvalue weighted by molar-refractivity contribution is -0.122. The number of carbonyl (C=O) groups is 1. The second-order valence-corrected chi connectivity index (χ2v) is 6.39. The average molecular weight is 335 g/mol. The number of carbonyl (C=O) groups excluding carboxylic acids is 1. The minimum Gasteiger partial charge on any atom is -0.484 e. The van der Waals surface area contributed by atoms with Crippen molar-refractivity contribution in [1.82, 2.24) is 15.0 Å². The van der Waals surface area contributed by atoms with Crippen LogP contribution >= 0.6 is 0 Å². The summed E-state index contributed by atoms with van der Waals surface area (Å²) in [6, 6.07) is 9.37. The van der Waals surface area contributed by atoms with Gasteiger partial charge in [-0.05, 0) is 35.9 Å². The van der Waals surface area contributed by atoms with E-state index in [1.807, 2.05) is 0 Å². The van der Waals surface area contributed by atoms with Crippen molar-refractivity contribution in [1.29, 1.82) is 0 Å². The number of sulfonamides is 1. The summed E-state index contributed by atoms with van der Waals surface area (Å²) in [6.45, 7) is 0.0347. The Morgan fingerprint density at radius 1 is 1.22 bits per heavy atom. The largest absolute Gasteiger partial charge is 0.484 e. The van der Waals surface area contributed by atoms with E-state index in [4.69, 9.17) is 4.74 Å². The zero-order chi connectivity index (χ0) is 16.7. The summed E-state index contributed by atoms with van der Waals surface area (Å²) in [4.78, 5) is 15.1. The molecular formula is C15H17N3O4S. The Hall–Kier alpha value is -2.45. The van der Waals surface area contributed by atoms with E-state index in [1.54, 1.807) is 24.5 Å². The van der Waals surface area contributed by atoms with Gasteiger partial charge >= 0.3 is 0 Å². The van der Waals surface area contributed by atoms with Crippen LogP contribution in [0.2, 0.25) is 0 Å². The van der Waals surface area contributed by atoms with Crippen molar-refractivity contribution in [2.75, 3.05) is 13.7 Å². The van der Waals surface area contributed by atoms with Crippen LogP contribution in [0.1, 0.15) is 5.56 Å². The van der Waals surface area contributed by atoms with E-state index in [0.29, 0.717) is 5.75 Å². The Morgan fingerprint density at radius 2 is 1.96 bits per heavy atom. The minimum absolute atomic E-state index is 0.119. The van der Waals surface area contributed by atoms with Gasteiger partial charge in [-0.15, -0.1) is 0 Å². The molecule has 1 aromatic carbocycles. The van der Waals surface area contributed by atoms with E-state index < -0.39 is 10.0 Å². The maximum Gasteiger partial charge on any atom is 0.257 e. The van der Waals surface area contributed by atoms with Gasteiger partial charge in [-0.3, -0.25) is 9.78 Å². The number of amides is 1. The number of nitrogens with one attached hydrogen (secondary N) is 2. The summed E-state index contributed by atoms with van der Waals surface area (Å²) < 4.78 is 32.1. The molecule has 0 aliphatic carbocycles. The first kappa shape index (κ1) is 16.9. The number of aromatic nitrogens is 1. The fourth-order valence-corrected chi connectivity index (χ4v) is 2.72. The van der Waals surface area contributed by atoms with Crippen molar-refractivity contribution >= 4 is 15.9 Å². The smallest absolute Gasteiger partial charge is 0.257 e. The lowest BCUT2D eigenvalue weighted by atomic mass is 10.3. The molecule has 7 nitrogen and oxygen atoms in total. The summed E-state index contributed by atoms with van der Waals surface area (Å²) in [7, 11) is -2.11. The second kappa shape index (κ2) is 7.70. The number of pyridine rings is 1. The summed E-state index contributed by atoms with van der Waals surface area (Å²) in [6.07, 6.45) is 3.22. The molecule has 0 atom stereocenters. The Kier molecular flexibility index (Phi) is 5.67. The van der Waals surface area contributed by atoms with Crippen molar-refractivity contribution in [3.63, 3.8) is 0 Å². The molecule has 122 valence electrons. The number of nitrogens with zero attached hydrogens (tertiary/aromatic N) is 1. The molecule has 23 heavy (non-hydrogen) atoms. The first-order valence-electron chi connectivity index (χ1n) is 6.83. The highest BCUT2D eigenvalue weighted by Gasteiger charge is 2.13. The quantitative estimate of drug-likeness (QED) is 0.776. The third-order valence-corrected chi connectivity index (χ3v) is 4.39. The first-order valence-corrected chi connectivity index (χ1v) is 8.31. The molecule has 8 heteroatoms. The maximum absolute atomic E-state index is 12.2. The van der Waals surface area contributed by atoms with E-state index >= 15 is 0 Å². The van der Waals surface area contributed by atoms with Gasteiger partial charge in [0.25, 0.3) is 5.91 Å². The van der Waals surface area contributed by atoms with Crippen LogP contribution in [-0.4, -0.2) is 33.0 Å². The van der Waals surface area contributed by atoms with Gasteiger partial charge in [-0.1, -0.05) is 6.07 Å². The van der Waals surface area contributed by atoms with Gasteiger partial charge < -0.3 is 10.1 Å². The number of likely N-dealkylation sites (N-methyl/N-ethyl adjacent to an activating group) is 1. The van der Waals surface area contributed by atoms with Gasteiger partial charge in [0, 0.05) is 26.0 Å². The zero-order valence-electron chi connectivity index (χ0n) is 12.5. The molecule has 0 saturated carbocycles.